The Morgan fingerprint density at radius 3 is 2.79 bits per heavy atom. The van der Waals surface area contributed by atoms with Crippen molar-refractivity contribution >= 4 is 16.8 Å². The second-order valence-electron chi connectivity index (χ2n) is 8.74. The number of pyridine rings is 1. The van der Waals surface area contributed by atoms with E-state index in [4.69, 9.17) is 9.47 Å². The van der Waals surface area contributed by atoms with E-state index in [1.807, 2.05) is 6.07 Å². The van der Waals surface area contributed by atoms with Gasteiger partial charge in [0.25, 0.3) is 0 Å². The van der Waals surface area contributed by atoms with Crippen LogP contribution in [-0.4, -0.2) is 95.7 Å². The number of aliphatic hydroxyl groups is 2. The Balaban J connectivity index is 1.69. The molecular weight excluding hydrogens is 422 g/mol. The average Bonchev–Trinajstić information content (AvgIpc) is 2.82. The summed E-state index contributed by atoms with van der Waals surface area (Å²) in [7, 11) is 1.48. The SMILES string of the molecule is CO[C@H]1CN(C(C)=O)CCCN(Cc2ccc3ncccc3c2)CCCCOC[C@H](O)[C@@H]1O. The van der Waals surface area contributed by atoms with Gasteiger partial charge in [0.15, 0.2) is 0 Å². The normalized spacial score (nSPS) is 24.8. The summed E-state index contributed by atoms with van der Waals surface area (Å²) in [6.45, 7) is 5.46. The zero-order valence-electron chi connectivity index (χ0n) is 19.7. The molecule has 2 N–H and O–H groups in total. The van der Waals surface area contributed by atoms with Crippen molar-refractivity contribution in [3.63, 3.8) is 0 Å². The van der Waals surface area contributed by atoms with Gasteiger partial charge in [0, 0.05) is 58.4 Å². The van der Waals surface area contributed by atoms with Gasteiger partial charge in [-0.15, -0.1) is 0 Å². The molecule has 1 saturated heterocycles. The molecule has 8 heteroatoms. The lowest BCUT2D eigenvalue weighted by atomic mass is 10.1. The van der Waals surface area contributed by atoms with Gasteiger partial charge in [-0.2, -0.15) is 0 Å². The van der Waals surface area contributed by atoms with Gasteiger partial charge in [0.1, 0.15) is 18.3 Å². The number of carbonyl (C=O) groups excluding carboxylic acids is 1. The Kier molecular flexibility index (Phi) is 10.0. The first-order chi connectivity index (χ1) is 16.0. The minimum Gasteiger partial charge on any atom is -0.388 e. The van der Waals surface area contributed by atoms with Gasteiger partial charge in [-0.25, -0.2) is 0 Å². The topological polar surface area (TPSA) is 95.4 Å². The maximum absolute atomic E-state index is 12.2. The van der Waals surface area contributed by atoms with Crippen LogP contribution in [0.3, 0.4) is 0 Å². The average molecular weight is 460 g/mol. The standard InChI is InChI=1S/C25H37N3O5/c1-19(29)28-13-6-12-27(16-20-8-9-22-21(15-20)7-5-10-26-22)11-3-4-14-33-18-23(30)25(31)24(17-28)32-2/h5,7-10,15,23-25,30-31H,3-4,6,11-14,16-18H2,1-2H3/t23-,24-,25-/m0/s1. The van der Waals surface area contributed by atoms with E-state index < -0.39 is 18.3 Å². The molecule has 182 valence electrons. The Morgan fingerprint density at radius 1 is 1.18 bits per heavy atom. The molecule has 2 heterocycles. The third-order valence-corrected chi connectivity index (χ3v) is 6.20. The highest BCUT2D eigenvalue weighted by Crippen LogP contribution is 2.16. The smallest absolute Gasteiger partial charge is 0.219 e. The van der Waals surface area contributed by atoms with Gasteiger partial charge in [-0.05, 0) is 49.6 Å². The molecule has 0 radical (unpaired) electrons. The van der Waals surface area contributed by atoms with E-state index in [9.17, 15) is 15.0 Å². The minimum atomic E-state index is -1.12. The number of benzene rings is 1. The molecule has 1 fully saturated rings. The number of fused-ring (bicyclic) bond motifs is 1. The Bertz CT molecular complexity index is 880. The van der Waals surface area contributed by atoms with Crippen molar-refractivity contribution in [3.8, 4) is 0 Å². The first-order valence-corrected chi connectivity index (χ1v) is 11.8. The third kappa shape index (κ3) is 7.72. The maximum atomic E-state index is 12.2. The zero-order chi connectivity index (χ0) is 23.6. The van der Waals surface area contributed by atoms with Crippen LogP contribution >= 0.6 is 0 Å². The van der Waals surface area contributed by atoms with Gasteiger partial charge >= 0.3 is 0 Å². The van der Waals surface area contributed by atoms with E-state index in [0.717, 1.165) is 49.8 Å². The van der Waals surface area contributed by atoms with E-state index in [-0.39, 0.29) is 19.1 Å². The summed E-state index contributed by atoms with van der Waals surface area (Å²) < 4.78 is 11.0. The van der Waals surface area contributed by atoms with Crippen LogP contribution in [0.25, 0.3) is 10.9 Å². The fourth-order valence-electron chi connectivity index (χ4n) is 4.24. The van der Waals surface area contributed by atoms with E-state index in [1.54, 1.807) is 11.1 Å². The van der Waals surface area contributed by atoms with Crippen LogP contribution in [0.1, 0.15) is 31.7 Å². The second kappa shape index (κ2) is 13.0. The number of carbonyl (C=O) groups is 1. The summed E-state index contributed by atoms with van der Waals surface area (Å²) in [5, 5.41) is 21.9. The lowest BCUT2D eigenvalue weighted by molar-refractivity contribution is -0.136. The molecule has 0 saturated carbocycles. The van der Waals surface area contributed by atoms with E-state index in [2.05, 4.69) is 34.1 Å². The molecule has 1 aliphatic heterocycles. The van der Waals surface area contributed by atoms with Crippen molar-refractivity contribution in [2.45, 2.75) is 51.0 Å². The minimum absolute atomic E-state index is 0.0376. The molecular formula is C25H37N3O5. The van der Waals surface area contributed by atoms with Crippen molar-refractivity contribution < 1.29 is 24.5 Å². The Labute approximate surface area is 196 Å². The fraction of sp³-hybridized carbons (Fsp3) is 0.600. The monoisotopic (exact) mass is 459 g/mol. The number of hydrogen-bond donors (Lipinski definition) is 2. The molecule has 0 aliphatic carbocycles. The molecule has 1 aromatic carbocycles. The summed E-state index contributed by atoms with van der Waals surface area (Å²) in [5.74, 6) is -0.0760. The molecule has 0 unspecified atom stereocenters. The summed E-state index contributed by atoms with van der Waals surface area (Å²) in [4.78, 5) is 20.7. The lowest BCUT2D eigenvalue weighted by Crippen LogP contribution is -2.48. The Hall–Kier alpha value is -2.10. The number of nitrogens with zero attached hydrogens (tertiary/aromatic N) is 3. The number of amides is 1. The van der Waals surface area contributed by atoms with Crippen LogP contribution < -0.4 is 0 Å². The number of hydrogen-bond acceptors (Lipinski definition) is 7. The van der Waals surface area contributed by atoms with Crippen LogP contribution in [-0.2, 0) is 20.8 Å². The van der Waals surface area contributed by atoms with Crippen LogP contribution in [0.2, 0.25) is 0 Å². The number of aliphatic hydroxyl groups excluding tert-OH is 2. The highest BCUT2D eigenvalue weighted by Gasteiger charge is 2.29. The molecule has 3 rings (SSSR count). The molecule has 0 bridgehead atoms. The Morgan fingerprint density at radius 2 is 2.00 bits per heavy atom. The first-order valence-electron chi connectivity index (χ1n) is 11.8. The summed E-state index contributed by atoms with van der Waals surface area (Å²) >= 11 is 0. The number of rotatable bonds is 3. The lowest BCUT2D eigenvalue weighted by Gasteiger charge is -2.31. The van der Waals surface area contributed by atoms with Crippen LogP contribution in [0, 0.1) is 0 Å². The molecule has 0 spiro atoms. The number of aromatic nitrogens is 1. The zero-order valence-corrected chi connectivity index (χ0v) is 19.7. The van der Waals surface area contributed by atoms with Crippen molar-refractivity contribution in [1.82, 2.24) is 14.8 Å². The second-order valence-corrected chi connectivity index (χ2v) is 8.74. The third-order valence-electron chi connectivity index (χ3n) is 6.20. The van der Waals surface area contributed by atoms with E-state index >= 15 is 0 Å². The summed E-state index contributed by atoms with van der Waals surface area (Å²) in [5.41, 5.74) is 2.23. The highest BCUT2D eigenvalue weighted by atomic mass is 16.5. The van der Waals surface area contributed by atoms with Gasteiger partial charge in [0.2, 0.25) is 5.91 Å². The molecule has 1 amide bonds. The van der Waals surface area contributed by atoms with Crippen molar-refractivity contribution in [2.24, 2.45) is 0 Å². The highest BCUT2D eigenvalue weighted by molar-refractivity contribution is 5.78. The fourth-order valence-corrected chi connectivity index (χ4v) is 4.24. The van der Waals surface area contributed by atoms with Crippen molar-refractivity contribution in [2.75, 3.05) is 46.5 Å². The van der Waals surface area contributed by atoms with Gasteiger partial charge in [0.05, 0.1) is 12.1 Å². The molecule has 1 aromatic heterocycles. The maximum Gasteiger partial charge on any atom is 0.219 e. The quantitative estimate of drug-likeness (QED) is 0.723. The van der Waals surface area contributed by atoms with Crippen molar-refractivity contribution in [3.05, 3.63) is 42.1 Å². The molecule has 2 aromatic rings. The van der Waals surface area contributed by atoms with Crippen molar-refractivity contribution in [1.29, 1.82) is 0 Å². The van der Waals surface area contributed by atoms with E-state index in [1.165, 1.54) is 19.6 Å². The van der Waals surface area contributed by atoms with Crippen LogP contribution in [0.4, 0.5) is 0 Å². The first kappa shape index (κ1) is 25.5. The predicted molar refractivity (Wildman–Crippen MR) is 127 cm³/mol. The van der Waals surface area contributed by atoms with E-state index in [0.29, 0.717) is 13.2 Å². The number of ether oxygens (including phenoxy) is 2. The molecule has 33 heavy (non-hydrogen) atoms. The van der Waals surface area contributed by atoms with Gasteiger partial charge < -0.3 is 24.6 Å². The predicted octanol–water partition coefficient (Wildman–Crippen LogP) is 1.82. The number of methoxy groups -OCH3 is 1. The van der Waals surface area contributed by atoms with Gasteiger partial charge in [-0.3, -0.25) is 14.7 Å². The van der Waals surface area contributed by atoms with Crippen LogP contribution in [0.5, 0.6) is 0 Å². The van der Waals surface area contributed by atoms with Gasteiger partial charge in [-0.1, -0.05) is 12.1 Å². The summed E-state index contributed by atoms with van der Waals surface area (Å²) in [6, 6.07) is 10.4. The van der Waals surface area contributed by atoms with Crippen LogP contribution in [0.15, 0.2) is 36.5 Å². The molecule has 3 atom stereocenters. The summed E-state index contributed by atoms with van der Waals surface area (Å²) in [6.07, 6.45) is 1.58. The molecule has 1 aliphatic rings. The molecule has 8 nitrogen and oxygen atoms in total. The largest absolute Gasteiger partial charge is 0.388 e.